The Balaban J connectivity index is 1.60. The van der Waals surface area contributed by atoms with Crippen LogP contribution in [0.3, 0.4) is 0 Å². The van der Waals surface area contributed by atoms with Gasteiger partial charge in [-0.05, 0) is 67.4 Å². The van der Waals surface area contributed by atoms with Gasteiger partial charge in [-0.15, -0.1) is 11.3 Å². The molecular formula is C30H26N4OS. The number of rotatable bonds is 8. The van der Waals surface area contributed by atoms with E-state index in [0.717, 1.165) is 56.9 Å². The number of ether oxygens (including phenoxy) is 1. The molecule has 0 bridgehead atoms. The highest BCUT2D eigenvalue weighted by Crippen LogP contribution is 2.33. The summed E-state index contributed by atoms with van der Waals surface area (Å²) in [6, 6.07) is 26.4. The lowest BCUT2D eigenvalue weighted by molar-refractivity contribution is 0.309. The van der Waals surface area contributed by atoms with Crippen molar-refractivity contribution >= 4 is 33.2 Å². The highest BCUT2D eigenvalue weighted by Gasteiger charge is 2.16. The molecule has 2 heterocycles. The molecular weight excluding hydrogens is 464 g/mol. The first kappa shape index (κ1) is 23.5. The number of benzene rings is 3. The van der Waals surface area contributed by atoms with Crippen LogP contribution in [0.5, 0.6) is 5.75 Å². The van der Waals surface area contributed by atoms with Gasteiger partial charge in [0.05, 0.1) is 28.1 Å². The van der Waals surface area contributed by atoms with Gasteiger partial charge < -0.3 is 4.74 Å². The van der Waals surface area contributed by atoms with E-state index in [1.165, 1.54) is 11.3 Å². The summed E-state index contributed by atoms with van der Waals surface area (Å²) in [4.78, 5) is 4.70. The Labute approximate surface area is 214 Å². The van der Waals surface area contributed by atoms with Crippen LogP contribution < -0.4 is 4.74 Å². The largest absolute Gasteiger partial charge is 0.494 e. The fourth-order valence-electron chi connectivity index (χ4n) is 4.03. The first-order valence-electron chi connectivity index (χ1n) is 12.0. The predicted octanol–water partition coefficient (Wildman–Crippen LogP) is 7.70. The number of thiazole rings is 1. The number of unbranched alkanes of at least 4 members (excludes halogenated alkanes) is 1. The SMILES string of the molecule is CCCCOc1ccc(-c2nn(-c3ccccc3)cc2/C=C(\C#N)c2nc3ccccc3s2)c(C)c1. The number of hydrogen-bond acceptors (Lipinski definition) is 5. The van der Waals surface area contributed by atoms with Gasteiger partial charge in [-0.1, -0.05) is 43.7 Å². The van der Waals surface area contributed by atoms with Crippen molar-refractivity contribution in [2.75, 3.05) is 6.61 Å². The molecule has 3 aromatic carbocycles. The summed E-state index contributed by atoms with van der Waals surface area (Å²) in [6.07, 6.45) is 5.99. The van der Waals surface area contributed by atoms with Crippen LogP contribution in [0.15, 0.2) is 79.0 Å². The molecule has 0 fully saturated rings. The van der Waals surface area contributed by atoms with Crippen LogP contribution in [-0.4, -0.2) is 21.4 Å². The van der Waals surface area contributed by atoms with Crippen LogP contribution >= 0.6 is 11.3 Å². The summed E-state index contributed by atoms with van der Waals surface area (Å²) in [6.45, 7) is 4.93. The molecule has 0 spiro atoms. The average molecular weight is 491 g/mol. The molecule has 0 saturated carbocycles. The third-order valence-electron chi connectivity index (χ3n) is 5.93. The number of hydrogen-bond donors (Lipinski definition) is 0. The number of fused-ring (bicyclic) bond motifs is 1. The molecule has 0 aliphatic heterocycles. The Kier molecular flexibility index (Phi) is 6.92. The summed E-state index contributed by atoms with van der Waals surface area (Å²) in [5, 5.41) is 15.7. The maximum absolute atomic E-state index is 10.0. The molecule has 0 unspecified atom stereocenters. The van der Waals surface area contributed by atoms with Crippen LogP contribution in [0.1, 0.15) is 35.9 Å². The second-order valence-electron chi connectivity index (χ2n) is 8.55. The van der Waals surface area contributed by atoms with Gasteiger partial charge in [0.2, 0.25) is 0 Å². The normalized spacial score (nSPS) is 11.5. The summed E-state index contributed by atoms with van der Waals surface area (Å²) < 4.78 is 8.82. The van der Waals surface area contributed by atoms with Crippen molar-refractivity contribution in [1.82, 2.24) is 14.8 Å². The van der Waals surface area contributed by atoms with Crippen molar-refractivity contribution in [3.8, 4) is 28.8 Å². The number of para-hydroxylation sites is 2. The molecule has 5 rings (SSSR count). The summed E-state index contributed by atoms with van der Waals surface area (Å²) in [5.74, 6) is 0.858. The highest BCUT2D eigenvalue weighted by atomic mass is 32.1. The topological polar surface area (TPSA) is 63.7 Å². The Hall–Kier alpha value is -4.21. The quantitative estimate of drug-likeness (QED) is 0.165. The Morgan fingerprint density at radius 2 is 1.89 bits per heavy atom. The molecule has 6 heteroatoms. The maximum Gasteiger partial charge on any atom is 0.135 e. The average Bonchev–Trinajstić information content (AvgIpc) is 3.52. The van der Waals surface area contributed by atoms with Gasteiger partial charge >= 0.3 is 0 Å². The molecule has 2 aromatic heterocycles. The number of aryl methyl sites for hydroxylation is 1. The Bertz CT molecular complexity index is 1540. The molecule has 0 amide bonds. The summed E-state index contributed by atoms with van der Waals surface area (Å²) >= 11 is 1.52. The van der Waals surface area contributed by atoms with Crippen LogP contribution in [-0.2, 0) is 0 Å². The van der Waals surface area contributed by atoms with Crippen molar-refractivity contribution < 1.29 is 4.74 Å². The lowest BCUT2D eigenvalue weighted by Gasteiger charge is -2.09. The van der Waals surface area contributed by atoms with Gasteiger partial charge in [-0.2, -0.15) is 10.4 Å². The zero-order valence-corrected chi connectivity index (χ0v) is 21.1. The van der Waals surface area contributed by atoms with Gasteiger partial charge in [-0.3, -0.25) is 0 Å². The highest BCUT2D eigenvalue weighted by molar-refractivity contribution is 7.19. The monoisotopic (exact) mass is 490 g/mol. The van der Waals surface area contributed by atoms with Crippen molar-refractivity contribution in [3.05, 3.63) is 95.1 Å². The van der Waals surface area contributed by atoms with E-state index >= 15 is 0 Å². The fraction of sp³-hybridized carbons (Fsp3) is 0.167. The molecule has 0 radical (unpaired) electrons. The zero-order chi connectivity index (χ0) is 24.9. The minimum Gasteiger partial charge on any atom is -0.494 e. The predicted molar refractivity (Wildman–Crippen MR) is 147 cm³/mol. The van der Waals surface area contributed by atoms with E-state index < -0.39 is 0 Å². The lowest BCUT2D eigenvalue weighted by Crippen LogP contribution is -1.98. The standard InChI is InChI=1S/C30H26N4OS/c1-3-4-16-35-25-14-15-26(21(2)17-25)29-23(20-34(33-29)24-10-6-5-7-11-24)18-22(19-31)30-32-27-12-8-9-13-28(27)36-30/h5-15,17-18,20H,3-4,16H2,1-2H3/b22-18+. The summed E-state index contributed by atoms with van der Waals surface area (Å²) in [5.41, 5.74) is 6.10. The molecule has 0 aliphatic carbocycles. The molecule has 0 aliphatic rings. The van der Waals surface area contributed by atoms with Gasteiger partial charge in [-0.25, -0.2) is 9.67 Å². The van der Waals surface area contributed by atoms with Gasteiger partial charge in [0, 0.05) is 17.3 Å². The molecule has 0 N–H and O–H groups in total. The van der Waals surface area contributed by atoms with E-state index in [1.807, 2.05) is 77.6 Å². The fourth-order valence-corrected chi connectivity index (χ4v) is 4.96. The zero-order valence-electron chi connectivity index (χ0n) is 20.3. The van der Waals surface area contributed by atoms with Gasteiger partial charge in [0.15, 0.2) is 0 Å². The van der Waals surface area contributed by atoms with Crippen LogP contribution in [0.4, 0.5) is 0 Å². The molecule has 36 heavy (non-hydrogen) atoms. The molecule has 178 valence electrons. The molecule has 5 aromatic rings. The molecule has 0 saturated heterocycles. The van der Waals surface area contributed by atoms with Crippen LogP contribution in [0.25, 0.3) is 38.8 Å². The van der Waals surface area contributed by atoms with E-state index in [-0.39, 0.29) is 0 Å². The van der Waals surface area contributed by atoms with Crippen molar-refractivity contribution in [2.45, 2.75) is 26.7 Å². The first-order chi connectivity index (χ1) is 17.7. The maximum atomic E-state index is 10.0. The minimum absolute atomic E-state index is 0.516. The van der Waals surface area contributed by atoms with E-state index in [4.69, 9.17) is 14.8 Å². The smallest absolute Gasteiger partial charge is 0.135 e. The second-order valence-corrected chi connectivity index (χ2v) is 9.58. The van der Waals surface area contributed by atoms with E-state index in [2.05, 4.69) is 32.0 Å². The van der Waals surface area contributed by atoms with E-state index in [9.17, 15) is 5.26 Å². The van der Waals surface area contributed by atoms with Crippen LogP contribution in [0, 0.1) is 18.3 Å². The molecule has 5 nitrogen and oxygen atoms in total. The first-order valence-corrected chi connectivity index (χ1v) is 12.8. The number of allylic oxidation sites excluding steroid dienone is 1. The van der Waals surface area contributed by atoms with Crippen LogP contribution in [0.2, 0.25) is 0 Å². The van der Waals surface area contributed by atoms with Crippen molar-refractivity contribution in [3.63, 3.8) is 0 Å². The molecule has 0 atom stereocenters. The summed E-state index contributed by atoms with van der Waals surface area (Å²) in [7, 11) is 0. The van der Waals surface area contributed by atoms with Crippen molar-refractivity contribution in [1.29, 1.82) is 5.26 Å². The van der Waals surface area contributed by atoms with E-state index in [1.54, 1.807) is 0 Å². The Morgan fingerprint density at radius 1 is 1.08 bits per heavy atom. The van der Waals surface area contributed by atoms with Gasteiger partial charge in [0.25, 0.3) is 0 Å². The Morgan fingerprint density at radius 3 is 2.64 bits per heavy atom. The third kappa shape index (κ3) is 4.93. The number of nitriles is 1. The minimum atomic E-state index is 0.516. The van der Waals surface area contributed by atoms with Gasteiger partial charge in [0.1, 0.15) is 22.5 Å². The second kappa shape index (κ2) is 10.6. The van der Waals surface area contributed by atoms with E-state index in [0.29, 0.717) is 17.2 Å². The van der Waals surface area contributed by atoms with Crippen molar-refractivity contribution in [2.24, 2.45) is 0 Å². The number of aromatic nitrogens is 3. The number of nitrogens with zero attached hydrogens (tertiary/aromatic N) is 4. The lowest BCUT2D eigenvalue weighted by atomic mass is 10.0. The third-order valence-corrected chi connectivity index (χ3v) is 7.00.